The molecule has 0 fully saturated rings. The third kappa shape index (κ3) is 4.38. The predicted molar refractivity (Wildman–Crippen MR) is 67.6 cm³/mol. The topological polar surface area (TPSA) is 78.7 Å². The first-order valence-electron chi connectivity index (χ1n) is 5.72. The standard InChI is InChI=1S/C11H15FNO5P/c1-3-17-19(16,4-2)18-8-9-5-6-10(13(14)15)7-11(9)12/h5-7H,3-4,8H2,1-2H3. The van der Waals surface area contributed by atoms with Gasteiger partial charge in [-0.3, -0.25) is 14.7 Å². The first-order chi connectivity index (χ1) is 8.91. The number of nitro benzene ring substituents is 1. The predicted octanol–water partition coefficient (Wildman–Crippen LogP) is 3.50. The van der Waals surface area contributed by atoms with Crippen LogP contribution in [-0.4, -0.2) is 17.7 Å². The Bertz CT molecular complexity index is 508. The summed E-state index contributed by atoms with van der Waals surface area (Å²) in [5, 5.41) is 10.5. The van der Waals surface area contributed by atoms with E-state index in [1.807, 2.05) is 0 Å². The van der Waals surface area contributed by atoms with E-state index in [2.05, 4.69) is 0 Å². The Labute approximate surface area is 110 Å². The van der Waals surface area contributed by atoms with Crippen molar-refractivity contribution >= 4 is 13.3 Å². The van der Waals surface area contributed by atoms with Gasteiger partial charge < -0.3 is 9.05 Å². The molecular weight excluding hydrogens is 276 g/mol. The molecule has 1 rings (SSSR count). The van der Waals surface area contributed by atoms with Crippen molar-refractivity contribution in [3.63, 3.8) is 0 Å². The van der Waals surface area contributed by atoms with Gasteiger partial charge in [0.1, 0.15) is 5.82 Å². The van der Waals surface area contributed by atoms with Crippen LogP contribution in [0.5, 0.6) is 0 Å². The van der Waals surface area contributed by atoms with Gasteiger partial charge in [0.15, 0.2) is 0 Å². The largest absolute Gasteiger partial charge is 0.330 e. The Hall–Kier alpha value is -1.30. The lowest BCUT2D eigenvalue weighted by atomic mass is 10.2. The fourth-order valence-electron chi connectivity index (χ4n) is 1.35. The molecule has 1 atom stereocenters. The molecule has 0 saturated heterocycles. The van der Waals surface area contributed by atoms with Crippen molar-refractivity contribution in [2.45, 2.75) is 20.5 Å². The quantitative estimate of drug-likeness (QED) is 0.436. The van der Waals surface area contributed by atoms with Crippen molar-refractivity contribution in [3.8, 4) is 0 Å². The molecule has 0 saturated carbocycles. The number of rotatable bonds is 7. The van der Waals surface area contributed by atoms with Crippen LogP contribution in [0.3, 0.4) is 0 Å². The number of hydrogen-bond donors (Lipinski definition) is 0. The van der Waals surface area contributed by atoms with Crippen LogP contribution in [0.15, 0.2) is 18.2 Å². The number of nitro groups is 1. The van der Waals surface area contributed by atoms with E-state index in [1.54, 1.807) is 13.8 Å². The third-order valence-corrected chi connectivity index (χ3v) is 4.33. The molecule has 0 bridgehead atoms. The zero-order valence-corrected chi connectivity index (χ0v) is 11.6. The average molecular weight is 291 g/mol. The lowest BCUT2D eigenvalue weighted by Gasteiger charge is -2.16. The second-order valence-electron chi connectivity index (χ2n) is 3.65. The second kappa shape index (κ2) is 6.75. The molecule has 0 N–H and O–H groups in total. The molecule has 0 heterocycles. The number of nitrogens with zero attached hydrogens (tertiary/aromatic N) is 1. The number of non-ortho nitro benzene ring substituents is 1. The maximum atomic E-state index is 13.6. The van der Waals surface area contributed by atoms with Gasteiger partial charge in [0, 0.05) is 17.8 Å². The highest BCUT2D eigenvalue weighted by molar-refractivity contribution is 7.53. The molecule has 1 unspecified atom stereocenters. The molecule has 8 heteroatoms. The zero-order chi connectivity index (χ0) is 14.5. The number of halogens is 1. The average Bonchev–Trinajstić information content (AvgIpc) is 2.37. The van der Waals surface area contributed by atoms with Gasteiger partial charge in [0.05, 0.1) is 24.2 Å². The summed E-state index contributed by atoms with van der Waals surface area (Å²) in [6, 6.07) is 3.20. The van der Waals surface area contributed by atoms with Crippen molar-refractivity contribution < 1.29 is 22.9 Å². The fourth-order valence-corrected chi connectivity index (χ4v) is 2.52. The van der Waals surface area contributed by atoms with Crippen LogP contribution < -0.4 is 0 Å². The van der Waals surface area contributed by atoms with E-state index < -0.39 is 18.3 Å². The van der Waals surface area contributed by atoms with Crippen LogP contribution in [-0.2, 0) is 20.2 Å². The SMILES string of the molecule is CCOP(=O)(CC)OCc1ccc([N+](=O)[O-])cc1F. The molecule has 106 valence electrons. The number of benzene rings is 1. The summed E-state index contributed by atoms with van der Waals surface area (Å²) in [6.07, 6.45) is 0.176. The number of hydrogen-bond acceptors (Lipinski definition) is 5. The monoisotopic (exact) mass is 291 g/mol. The van der Waals surface area contributed by atoms with E-state index in [0.717, 1.165) is 6.07 Å². The summed E-state index contributed by atoms with van der Waals surface area (Å²) in [5.74, 6) is -0.770. The smallest absolute Gasteiger partial charge is 0.309 e. The lowest BCUT2D eigenvalue weighted by Crippen LogP contribution is -2.01. The lowest BCUT2D eigenvalue weighted by molar-refractivity contribution is -0.385. The molecule has 0 amide bonds. The van der Waals surface area contributed by atoms with Crippen LogP contribution in [0.25, 0.3) is 0 Å². The van der Waals surface area contributed by atoms with Crippen LogP contribution in [0.4, 0.5) is 10.1 Å². The molecule has 0 aliphatic heterocycles. The van der Waals surface area contributed by atoms with E-state index in [9.17, 15) is 19.1 Å². The minimum atomic E-state index is -3.22. The minimum Gasteiger partial charge on any atom is -0.309 e. The van der Waals surface area contributed by atoms with E-state index in [1.165, 1.54) is 12.1 Å². The Morgan fingerprint density at radius 3 is 2.53 bits per heavy atom. The van der Waals surface area contributed by atoms with Crippen LogP contribution >= 0.6 is 7.60 Å². The van der Waals surface area contributed by atoms with E-state index in [-0.39, 0.29) is 30.6 Å². The van der Waals surface area contributed by atoms with Gasteiger partial charge in [-0.05, 0) is 13.0 Å². The Balaban J connectivity index is 2.78. The van der Waals surface area contributed by atoms with E-state index in [0.29, 0.717) is 0 Å². The summed E-state index contributed by atoms with van der Waals surface area (Å²) >= 11 is 0. The molecule has 0 aromatic heterocycles. The van der Waals surface area contributed by atoms with Crippen molar-refractivity contribution in [1.82, 2.24) is 0 Å². The Kier molecular flexibility index (Phi) is 5.60. The van der Waals surface area contributed by atoms with Crippen molar-refractivity contribution in [3.05, 3.63) is 39.7 Å². The molecule has 1 aromatic carbocycles. The van der Waals surface area contributed by atoms with Crippen molar-refractivity contribution in [1.29, 1.82) is 0 Å². The normalized spacial score (nSPS) is 14.1. The van der Waals surface area contributed by atoms with Crippen LogP contribution in [0, 0.1) is 15.9 Å². The summed E-state index contributed by atoms with van der Waals surface area (Å²) in [4.78, 5) is 9.77. The summed E-state index contributed by atoms with van der Waals surface area (Å²) in [7, 11) is -3.22. The highest BCUT2D eigenvalue weighted by Gasteiger charge is 2.22. The molecule has 0 aliphatic rings. The van der Waals surface area contributed by atoms with Gasteiger partial charge >= 0.3 is 7.60 Å². The third-order valence-electron chi connectivity index (χ3n) is 2.38. The first kappa shape index (κ1) is 15.8. The van der Waals surface area contributed by atoms with Gasteiger partial charge in [0.25, 0.3) is 5.69 Å². The Morgan fingerprint density at radius 1 is 1.37 bits per heavy atom. The molecule has 19 heavy (non-hydrogen) atoms. The molecule has 1 aromatic rings. The Morgan fingerprint density at radius 2 is 2.05 bits per heavy atom. The fraction of sp³-hybridized carbons (Fsp3) is 0.455. The first-order valence-corrected chi connectivity index (χ1v) is 7.45. The van der Waals surface area contributed by atoms with Crippen molar-refractivity contribution in [2.75, 3.05) is 12.8 Å². The molecule has 0 radical (unpaired) electrons. The van der Waals surface area contributed by atoms with Crippen LogP contribution in [0.2, 0.25) is 0 Å². The minimum absolute atomic E-state index is 0.0963. The molecule has 0 spiro atoms. The van der Waals surface area contributed by atoms with Gasteiger partial charge in [0.2, 0.25) is 0 Å². The zero-order valence-electron chi connectivity index (χ0n) is 10.7. The molecule has 0 aliphatic carbocycles. The van der Waals surface area contributed by atoms with E-state index in [4.69, 9.17) is 9.05 Å². The van der Waals surface area contributed by atoms with E-state index >= 15 is 0 Å². The second-order valence-corrected chi connectivity index (χ2v) is 6.02. The highest BCUT2D eigenvalue weighted by atomic mass is 31.2. The van der Waals surface area contributed by atoms with Crippen LogP contribution in [0.1, 0.15) is 19.4 Å². The molecule has 6 nitrogen and oxygen atoms in total. The van der Waals surface area contributed by atoms with Gasteiger partial charge in [-0.2, -0.15) is 0 Å². The van der Waals surface area contributed by atoms with Gasteiger partial charge in [-0.25, -0.2) is 4.39 Å². The maximum absolute atomic E-state index is 13.6. The summed E-state index contributed by atoms with van der Waals surface area (Å²) in [6.45, 7) is 3.30. The van der Waals surface area contributed by atoms with Gasteiger partial charge in [-0.15, -0.1) is 0 Å². The maximum Gasteiger partial charge on any atom is 0.330 e. The van der Waals surface area contributed by atoms with Crippen molar-refractivity contribution in [2.24, 2.45) is 0 Å². The summed E-state index contributed by atoms with van der Waals surface area (Å²) < 4.78 is 35.6. The summed E-state index contributed by atoms with van der Waals surface area (Å²) in [5.41, 5.74) is -0.247. The van der Waals surface area contributed by atoms with Gasteiger partial charge in [-0.1, -0.05) is 6.92 Å². The highest BCUT2D eigenvalue weighted by Crippen LogP contribution is 2.48. The molecular formula is C11H15FNO5P.